The van der Waals surface area contributed by atoms with Crippen LogP contribution in [0.4, 0.5) is 23.7 Å². The van der Waals surface area contributed by atoms with E-state index in [-0.39, 0.29) is 5.69 Å². The van der Waals surface area contributed by atoms with Crippen LogP contribution in [0.2, 0.25) is 0 Å². The Morgan fingerprint density at radius 2 is 2.00 bits per heavy atom. The number of nitrogens with zero attached hydrogens (tertiary/aromatic N) is 1. The summed E-state index contributed by atoms with van der Waals surface area (Å²) in [6.07, 6.45) is -2.82. The second-order valence-corrected chi connectivity index (χ2v) is 7.73. The highest BCUT2D eigenvalue weighted by Gasteiger charge is 2.54. The van der Waals surface area contributed by atoms with Gasteiger partial charge in [-0.05, 0) is 60.7 Å². The number of alkyl halides is 3. The highest BCUT2D eigenvalue weighted by atomic mass is 19.4. The average molecular weight is 447 g/mol. The van der Waals surface area contributed by atoms with Crippen molar-refractivity contribution in [3.63, 3.8) is 0 Å². The molecule has 2 aromatic carbocycles. The van der Waals surface area contributed by atoms with Gasteiger partial charge in [-0.25, -0.2) is 4.79 Å². The number of hydrogen-bond donors (Lipinski definition) is 2. The molecule has 0 bridgehead atoms. The standard InChI is InChI=1S/C22H20F3N3O4/c1-32-16-7-8-17-13(10-16)4-3-9-21(17)19(30)28(20(31)27-21)12-18(29)26-15-6-2-5-14(11-15)22(23,24)25/h2,5-8,10-11H,3-4,9,12H2,1H3,(H,26,29)(H,27,31)/t21-/m0/s1. The molecule has 1 fully saturated rings. The zero-order chi connectivity index (χ0) is 23.1. The number of anilines is 1. The molecule has 4 amide bonds. The Morgan fingerprint density at radius 1 is 1.22 bits per heavy atom. The van der Waals surface area contributed by atoms with Gasteiger partial charge in [-0.15, -0.1) is 0 Å². The number of imide groups is 1. The van der Waals surface area contributed by atoms with Gasteiger partial charge in [0.05, 0.1) is 12.7 Å². The smallest absolute Gasteiger partial charge is 0.416 e. The van der Waals surface area contributed by atoms with Crippen molar-refractivity contribution in [1.82, 2.24) is 10.2 Å². The molecule has 4 rings (SSSR count). The van der Waals surface area contributed by atoms with Crippen LogP contribution in [0.5, 0.6) is 5.75 Å². The van der Waals surface area contributed by atoms with Crippen molar-refractivity contribution in [2.24, 2.45) is 0 Å². The van der Waals surface area contributed by atoms with Gasteiger partial charge >= 0.3 is 12.2 Å². The van der Waals surface area contributed by atoms with Crippen molar-refractivity contribution < 1.29 is 32.3 Å². The Hall–Kier alpha value is -3.56. The molecule has 32 heavy (non-hydrogen) atoms. The molecule has 2 aliphatic rings. The van der Waals surface area contributed by atoms with E-state index in [1.165, 1.54) is 13.2 Å². The van der Waals surface area contributed by atoms with E-state index in [1.54, 1.807) is 12.1 Å². The van der Waals surface area contributed by atoms with E-state index in [1.807, 2.05) is 6.07 Å². The summed E-state index contributed by atoms with van der Waals surface area (Å²) < 4.78 is 43.9. The number of amides is 4. The topological polar surface area (TPSA) is 87.7 Å². The highest BCUT2D eigenvalue weighted by molar-refractivity contribution is 6.10. The van der Waals surface area contributed by atoms with Gasteiger partial charge in [0.1, 0.15) is 17.8 Å². The molecule has 0 saturated carbocycles. The van der Waals surface area contributed by atoms with E-state index in [0.717, 1.165) is 28.7 Å². The maximum Gasteiger partial charge on any atom is 0.416 e. The quantitative estimate of drug-likeness (QED) is 0.703. The summed E-state index contributed by atoms with van der Waals surface area (Å²) in [6, 6.07) is 8.66. The maximum atomic E-state index is 13.3. The van der Waals surface area contributed by atoms with Gasteiger partial charge in [-0.3, -0.25) is 14.5 Å². The lowest BCUT2D eigenvalue weighted by Crippen LogP contribution is -2.47. The minimum atomic E-state index is -4.56. The molecule has 0 aromatic heterocycles. The molecule has 1 saturated heterocycles. The zero-order valence-corrected chi connectivity index (χ0v) is 17.1. The molecule has 2 N–H and O–H groups in total. The van der Waals surface area contributed by atoms with Crippen LogP contribution in [0.1, 0.15) is 29.5 Å². The number of aryl methyl sites for hydroxylation is 1. The van der Waals surface area contributed by atoms with E-state index >= 15 is 0 Å². The number of benzene rings is 2. The molecule has 168 valence electrons. The molecule has 1 aliphatic heterocycles. The second kappa shape index (κ2) is 7.85. The SMILES string of the molecule is COc1ccc2c(c1)CCC[C@]21NC(=O)N(CC(=O)Nc2cccc(C(F)(F)F)c2)C1=O. The van der Waals surface area contributed by atoms with Crippen LogP contribution in [0.25, 0.3) is 0 Å². The van der Waals surface area contributed by atoms with Crippen LogP contribution < -0.4 is 15.4 Å². The van der Waals surface area contributed by atoms with Crippen LogP contribution in [-0.2, 0) is 27.7 Å². The molecule has 1 spiro atoms. The third-order valence-corrected chi connectivity index (χ3v) is 5.72. The van der Waals surface area contributed by atoms with E-state index in [2.05, 4.69) is 10.6 Å². The Bertz CT molecular complexity index is 1100. The van der Waals surface area contributed by atoms with Crippen LogP contribution in [-0.4, -0.2) is 36.4 Å². The molecule has 1 heterocycles. The van der Waals surface area contributed by atoms with Crippen LogP contribution in [0.3, 0.4) is 0 Å². The monoisotopic (exact) mass is 447 g/mol. The predicted molar refractivity (Wildman–Crippen MR) is 108 cm³/mol. The third-order valence-electron chi connectivity index (χ3n) is 5.72. The van der Waals surface area contributed by atoms with Crippen molar-refractivity contribution in [3.8, 4) is 5.75 Å². The summed E-state index contributed by atoms with van der Waals surface area (Å²) in [5.74, 6) is -0.710. The Morgan fingerprint density at radius 3 is 2.72 bits per heavy atom. The summed E-state index contributed by atoms with van der Waals surface area (Å²) in [7, 11) is 1.54. The van der Waals surface area contributed by atoms with Gasteiger partial charge in [-0.1, -0.05) is 12.1 Å². The van der Waals surface area contributed by atoms with Gasteiger partial charge in [-0.2, -0.15) is 13.2 Å². The number of rotatable bonds is 4. The highest BCUT2D eigenvalue weighted by Crippen LogP contribution is 2.41. The molecule has 10 heteroatoms. The van der Waals surface area contributed by atoms with E-state index in [9.17, 15) is 27.6 Å². The lowest BCUT2D eigenvalue weighted by atomic mass is 9.76. The van der Waals surface area contributed by atoms with Gasteiger partial charge in [0, 0.05) is 5.69 Å². The summed E-state index contributed by atoms with van der Waals surface area (Å²) >= 11 is 0. The zero-order valence-electron chi connectivity index (χ0n) is 17.1. The number of urea groups is 1. The summed E-state index contributed by atoms with van der Waals surface area (Å²) in [5, 5.41) is 5.05. The van der Waals surface area contributed by atoms with Crippen LogP contribution in [0, 0.1) is 0 Å². The number of hydrogen-bond acceptors (Lipinski definition) is 4. The number of methoxy groups -OCH3 is 1. The minimum absolute atomic E-state index is 0.0818. The van der Waals surface area contributed by atoms with Crippen LogP contribution in [0.15, 0.2) is 42.5 Å². The minimum Gasteiger partial charge on any atom is -0.497 e. The number of carbonyl (C=O) groups excluding carboxylic acids is 3. The van der Waals surface area contributed by atoms with E-state index in [0.29, 0.717) is 30.6 Å². The fraction of sp³-hybridized carbons (Fsp3) is 0.318. The van der Waals surface area contributed by atoms with Crippen molar-refractivity contribution in [2.45, 2.75) is 31.0 Å². The second-order valence-electron chi connectivity index (χ2n) is 7.73. The van der Waals surface area contributed by atoms with Crippen LogP contribution >= 0.6 is 0 Å². The number of halogens is 3. The normalized spacial score (nSPS) is 20.2. The van der Waals surface area contributed by atoms with Crippen molar-refractivity contribution in [3.05, 3.63) is 59.2 Å². The molecule has 1 aliphatic carbocycles. The Labute approximate surface area is 181 Å². The number of fused-ring (bicyclic) bond motifs is 2. The molecular formula is C22H20F3N3O4. The molecule has 0 unspecified atom stereocenters. The summed E-state index contributed by atoms with van der Waals surface area (Å²) in [5.41, 5.74) is -0.740. The van der Waals surface area contributed by atoms with Crippen molar-refractivity contribution in [1.29, 1.82) is 0 Å². The summed E-state index contributed by atoms with van der Waals surface area (Å²) in [4.78, 5) is 39.1. The van der Waals surface area contributed by atoms with Gasteiger partial charge < -0.3 is 15.4 Å². The van der Waals surface area contributed by atoms with E-state index in [4.69, 9.17) is 4.74 Å². The Kier molecular flexibility index (Phi) is 5.31. The largest absolute Gasteiger partial charge is 0.497 e. The molecular weight excluding hydrogens is 427 g/mol. The molecule has 0 radical (unpaired) electrons. The first-order chi connectivity index (χ1) is 15.1. The first kappa shape index (κ1) is 21.7. The number of nitrogens with one attached hydrogen (secondary N) is 2. The number of carbonyl (C=O) groups is 3. The maximum absolute atomic E-state index is 13.3. The third kappa shape index (κ3) is 3.76. The average Bonchev–Trinajstić information content (AvgIpc) is 2.97. The Balaban J connectivity index is 1.53. The first-order valence-electron chi connectivity index (χ1n) is 9.93. The van der Waals surface area contributed by atoms with Crippen molar-refractivity contribution in [2.75, 3.05) is 19.0 Å². The van der Waals surface area contributed by atoms with Gasteiger partial charge in [0.15, 0.2) is 0 Å². The lowest BCUT2D eigenvalue weighted by Gasteiger charge is -2.33. The summed E-state index contributed by atoms with van der Waals surface area (Å²) in [6.45, 7) is -0.617. The van der Waals surface area contributed by atoms with Gasteiger partial charge in [0.25, 0.3) is 5.91 Å². The molecule has 7 nitrogen and oxygen atoms in total. The first-order valence-corrected chi connectivity index (χ1v) is 9.93. The van der Waals surface area contributed by atoms with Crippen molar-refractivity contribution >= 4 is 23.5 Å². The fourth-order valence-electron chi connectivity index (χ4n) is 4.24. The number of ether oxygens (including phenoxy) is 1. The predicted octanol–water partition coefficient (Wildman–Crippen LogP) is 3.44. The lowest BCUT2D eigenvalue weighted by molar-refractivity contribution is -0.137. The van der Waals surface area contributed by atoms with Gasteiger partial charge in [0.2, 0.25) is 5.91 Å². The molecule has 1 atom stereocenters. The van der Waals surface area contributed by atoms with E-state index < -0.39 is 41.7 Å². The fourth-order valence-corrected chi connectivity index (χ4v) is 4.24. The molecule has 2 aromatic rings.